The molecular weight excluding hydrogens is 1170 g/mol. The summed E-state index contributed by atoms with van der Waals surface area (Å²) in [4.78, 5) is 5.01. The maximum absolute atomic E-state index is 7.37. The molecule has 0 saturated carbocycles. The molecule has 0 aliphatic carbocycles. The number of nitrogens with zero attached hydrogens (tertiary/aromatic N) is 2. The SMILES string of the molecule is c1ccc(-c2ccc(N(c3c4ccccc4c(-c4c5ccccc5c(N(c5ccc(-c6ccccc6)cc5)c5cc6ccccc6c6c5oc5ccc7ccccc7c56)c5ccccc45)c4ccccc34)c3cc4oc5ccc6ccccc6c5c4c4ccccc34)cc2)cc1. The van der Waals surface area contributed by atoms with Crippen LogP contribution in [0.1, 0.15) is 0 Å². The fraction of sp³-hybridized carbons (Fsp3) is 0. The minimum atomic E-state index is 0.831. The lowest BCUT2D eigenvalue weighted by Crippen LogP contribution is -2.13. The Morgan fingerprint density at radius 1 is 0.198 bits per heavy atom. The van der Waals surface area contributed by atoms with Crippen molar-refractivity contribution in [2.24, 2.45) is 0 Å². The van der Waals surface area contributed by atoms with Crippen molar-refractivity contribution in [3.63, 3.8) is 0 Å². The maximum atomic E-state index is 7.37. The molecule has 0 unspecified atom stereocenters. The molecule has 0 amide bonds. The van der Waals surface area contributed by atoms with Crippen LogP contribution in [0.5, 0.6) is 0 Å². The molecule has 0 N–H and O–H groups in total. The molecule has 0 aliphatic rings. The average Bonchev–Trinajstić information content (AvgIpc) is 0.848. The summed E-state index contributed by atoms with van der Waals surface area (Å²) in [5.41, 5.74) is 16.5. The van der Waals surface area contributed by atoms with Crippen LogP contribution in [-0.4, -0.2) is 0 Å². The van der Waals surface area contributed by atoms with E-state index in [0.29, 0.717) is 0 Å². The second-order valence-corrected chi connectivity index (χ2v) is 25.3. The Hall–Kier alpha value is -12.8. The van der Waals surface area contributed by atoms with Crippen LogP contribution in [0, 0.1) is 0 Å². The largest absolute Gasteiger partial charge is 0.456 e. The standard InChI is InChI=1S/C92H56N2O2/c1-3-23-57(24-4-1)59-43-49-64(50-44-59)93(79-56-83-88(70-34-14-13-33-69(70)79)86-66-30-10-7-27-61(66)47-53-81(86)95-83)90-75-39-19-15-35-71(75)84(72-36-16-20-40-76(72)90)85-73-37-17-21-41-77(73)91(78-42-22-18-38-74(78)85)94(65-51-45-60(46-52-65)58-25-5-2-6-26-58)80-55-63-29-9-12-32-68(63)89-87-67-31-11-8-28-62(67)48-54-82(87)96-92(80)89/h1-56H. The van der Waals surface area contributed by atoms with Gasteiger partial charge in [-0.2, -0.15) is 0 Å². The Morgan fingerprint density at radius 3 is 1.00 bits per heavy atom. The summed E-state index contributed by atoms with van der Waals surface area (Å²) in [5.74, 6) is 0. The lowest BCUT2D eigenvalue weighted by Gasteiger charge is -2.32. The molecule has 4 nitrogen and oxygen atoms in total. The molecule has 0 radical (unpaired) electrons. The van der Waals surface area contributed by atoms with E-state index in [9.17, 15) is 0 Å². The summed E-state index contributed by atoms with van der Waals surface area (Å²) in [6, 6.07) is 124. The van der Waals surface area contributed by atoms with Crippen LogP contribution in [0.15, 0.2) is 349 Å². The third kappa shape index (κ3) is 8.16. The Kier molecular flexibility index (Phi) is 12.0. The van der Waals surface area contributed by atoms with Crippen molar-refractivity contribution in [1.29, 1.82) is 0 Å². The molecule has 446 valence electrons. The Morgan fingerprint density at radius 2 is 0.531 bits per heavy atom. The summed E-state index contributed by atoms with van der Waals surface area (Å²) in [7, 11) is 0. The van der Waals surface area contributed by atoms with Gasteiger partial charge in [-0.05, 0) is 135 Å². The van der Waals surface area contributed by atoms with E-state index in [1.165, 1.54) is 38.2 Å². The molecule has 2 heterocycles. The van der Waals surface area contributed by atoms with Crippen molar-refractivity contribution in [2.75, 3.05) is 9.80 Å². The maximum Gasteiger partial charge on any atom is 0.160 e. The van der Waals surface area contributed by atoms with Crippen LogP contribution >= 0.6 is 0 Å². The first-order valence-corrected chi connectivity index (χ1v) is 33.0. The lowest BCUT2D eigenvalue weighted by molar-refractivity contribution is 0.669. The molecule has 2 aromatic heterocycles. The number of benzene rings is 18. The average molecular weight is 1220 g/mol. The van der Waals surface area contributed by atoms with Gasteiger partial charge >= 0.3 is 0 Å². The van der Waals surface area contributed by atoms with E-state index in [4.69, 9.17) is 8.83 Å². The molecule has 4 heteroatoms. The molecule has 0 saturated heterocycles. The first-order valence-electron chi connectivity index (χ1n) is 33.0. The first-order chi connectivity index (χ1) is 47.7. The molecular formula is C92H56N2O2. The molecule has 0 spiro atoms. The van der Waals surface area contributed by atoms with Gasteiger partial charge in [-0.3, -0.25) is 0 Å². The normalized spacial score (nSPS) is 12.0. The fourth-order valence-electron chi connectivity index (χ4n) is 16.0. The van der Waals surface area contributed by atoms with Crippen LogP contribution in [0.25, 0.3) is 163 Å². The first kappa shape index (κ1) is 53.9. The summed E-state index contributed by atoms with van der Waals surface area (Å²) >= 11 is 0. The summed E-state index contributed by atoms with van der Waals surface area (Å²) in [6.07, 6.45) is 0. The van der Waals surface area contributed by atoms with Crippen LogP contribution in [-0.2, 0) is 0 Å². The van der Waals surface area contributed by atoms with Gasteiger partial charge in [-0.15, -0.1) is 0 Å². The summed E-state index contributed by atoms with van der Waals surface area (Å²) in [6.45, 7) is 0. The minimum absolute atomic E-state index is 0.831. The van der Waals surface area contributed by atoms with E-state index in [1.807, 2.05) is 0 Å². The van der Waals surface area contributed by atoms with E-state index < -0.39 is 0 Å². The summed E-state index contributed by atoms with van der Waals surface area (Å²) < 4.78 is 14.5. The molecule has 96 heavy (non-hydrogen) atoms. The van der Waals surface area contributed by atoms with Crippen molar-refractivity contribution in [2.45, 2.75) is 0 Å². The third-order valence-corrected chi connectivity index (χ3v) is 20.1. The number of hydrogen-bond donors (Lipinski definition) is 0. The third-order valence-electron chi connectivity index (χ3n) is 20.1. The van der Waals surface area contributed by atoms with E-state index in [1.54, 1.807) is 0 Å². The predicted molar refractivity (Wildman–Crippen MR) is 407 cm³/mol. The Balaban J connectivity index is 0.877. The molecule has 20 rings (SSSR count). The van der Waals surface area contributed by atoms with Crippen molar-refractivity contribution in [3.8, 4) is 33.4 Å². The van der Waals surface area contributed by atoms with Gasteiger partial charge in [0, 0.05) is 65.9 Å². The summed E-state index contributed by atoms with van der Waals surface area (Å²) in [5, 5.41) is 22.7. The second kappa shape index (κ2) is 21.4. The van der Waals surface area contributed by atoms with Crippen molar-refractivity contribution >= 4 is 164 Å². The highest BCUT2D eigenvalue weighted by molar-refractivity contribution is 6.34. The Labute approximate surface area is 552 Å². The van der Waals surface area contributed by atoms with Crippen LogP contribution in [0.2, 0.25) is 0 Å². The van der Waals surface area contributed by atoms with E-state index in [0.717, 1.165) is 159 Å². The van der Waals surface area contributed by atoms with Gasteiger partial charge in [-0.1, -0.05) is 291 Å². The number of anilines is 6. The zero-order chi connectivity index (χ0) is 63.0. The molecule has 20 aromatic rings. The number of rotatable bonds is 9. The van der Waals surface area contributed by atoms with Crippen LogP contribution < -0.4 is 9.80 Å². The number of fused-ring (bicyclic) bond motifs is 18. The van der Waals surface area contributed by atoms with Gasteiger partial charge in [0.05, 0.1) is 22.7 Å². The topological polar surface area (TPSA) is 32.8 Å². The van der Waals surface area contributed by atoms with Crippen LogP contribution in [0.3, 0.4) is 0 Å². The highest BCUT2D eigenvalue weighted by atomic mass is 16.3. The van der Waals surface area contributed by atoms with Crippen LogP contribution in [0.4, 0.5) is 34.1 Å². The molecule has 0 aliphatic heterocycles. The number of hydrogen-bond acceptors (Lipinski definition) is 4. The molecule has 18 aromatic carbocycles. The van der Waals surface area contributed by atoms with E-state index >= 15 is 0 Å². The number of furan rings is 2. The van der Waals surface area contributed by atoms with Crippen molar-refractivity contribution in [3.05, 3.63) is 340 Å². The van der Waals surface area contributed by atoms with Gasteiger partial charge < -0.3 is 18.6 Å². The minimum Gasteiger partial charge on any atom is -0.456 e. The predicted octanol–water partition coefficient (Wildman–Crippen LogP) is 26.7. The second-order valence-electron chi connectivity index (χ2n) is 25.3. The molecule has 0 bridgehead atoms. The lowest BCUT2D eigenvalue weighted by atomic mass is 9.84. The highest BCUT2D eigenvalue weighted by Gasteiger charge is 2.31. The van der Waals surface area contributed by atoms with Gasteiger partial charge in [0.1, 0.15) is 16.7 Å². The molecule has 0 fully saturated rings. The van der Waals surface area contributed by atoms with Crippen molar-refractivity contribution < 1.29 is 8.83 Å². The van der Waals surface area contributed by atoms with Crippen molar-refractivity contribution in [1.82, 2.24) is 0 Å². The smallest absolute Gasteiger partial charge is 0.160 e. The van der Waals surface area contributed by atoms with Gasteiger partial charge in [0.15, 0.2) is 5.58 Å². The van der Waals surface area contributed by atoms with E-state index in [-0.39, 0.29) is 0 Å². The van der Waals surface area contributed by atoms with Gasteiger partial charge in [0.2, 0.25) is 0 Å². The zero-order valence-electron chi connectivity index (χ0n) is 52.0. The van der Waals surface area contributed by atoms with E-state index in [2.05, 4.69) is 350 Å². The zero-order valence-corrected chi connectivity index (χ0v) is 52.0. The highest BCUT2D eigenvalue weighted by Crippen LogP contribution is 2.57. The fourth-order valence-corrected chi connectivity index (χ4v) is 16.0. The molecule has 0 atom stereocenters. The van der Waals surface area contributed by atoms with Gasteiger partial charge in [-0.25, -0.2) is 0 Å². The Bertz CT molecular complexity index is 6450. The quantitative estimate of drug-likeness (QED) is 0.135. The monoisotopic (exact) mass is 1220 g/mol. The van der Waals surface area contributed by atoms with Gasteiger partial charge in [0.25, 0.3) is 0 Å².